The lowest BCUT2D eigenvalue weighted by Crippen LogP contribution is -2.35. The van der Waals surface area contributed by atoms with Crippen molar-refractivity contribution in [2.24, 2.45) is 0 Å². The first-order valence-corrected chi connectivity index (χ1v) is 9.55. The van der Waals surface area contributed by atoms with Crippen molar-refractivity contribution in [1.29, 1.82) is 0 Å². The summed E-state index contributed by atoms with van der Waals surface area (Å²) < 4.78 is 1.99. The Balaban J connectivity index is 1.96. The molecule has 0 fully saturated rings. The number of rotatable bonds is 7. The van der Waals surface area contributed by atoms with Gasteiger partial charge in [0.1, 0.15) is 0 Å². The van der Waals surface area contributed by atoms with Crippen molar-refractivity contribution in [3.63, 3.8) is 0 Å². The molecule has 0 bridgehead atoms. The smallest absolute Gasteiger partial charge is 0.166 e. The van der Waals surface area contributed by atoms with E-state index < -0.39 is 0 Å². The molecule has 1 aromatic carbocycles. The number of hydrogen-bond acceptors (Lipinski definition) is 3. The van der Waals surface area contributed by atoms with E-state index in [0.717, 1.165) is 35.8 Å². The minimum atomic E-state index is 0.693. The lowest BCUT2D eigenvalue weighted by molar-refractivity contribution is 0.799. The third kappa shape index (κ3) is 4.97. The molecule has 0 atom stereocenters. The quantitative estimate of drug-likeness (QED) is 0.594. The summed E-state index contributed by atoms with van der Waals surface area (Å²) in [4.78, 5) is 0. The molecule has 23 heavy (non-hydrogen) atoms. The van der Waals surface area contributed by atoms with Gasteiger partial charge in [-0.25, -0.2) is 4.68 Å². The number of hydrogen-bond donors (Lipinski definition) is 2. The van der Waals surface area contributed by atoms with Gasteiger partial charge in [-0.15, -0.1) is 0 Å². The molecule has 0 spiro atoms. The van der Waals surface area contributed by atoms with Gasteiger partial charge in [0.15, 0.2) is 5.11 Å². The summed E-state index contributed by atoms with van der Waals surface area (Å²) in [6.45, 7) is 5.74. The number of aromatic nitrogens is 2. The SMILES string of the molecule is CSCCCNC(=S)NCc1c(C)nn(-c2ccccc2)c1C. The fourth-order valence-electron chi connectivity index (χ4n) is 2.40. The summed E-state index contributed by atoms with van der Waals surface area (Å²) in [7, 11) is 0. The van der Waals surface area contributed by atoms with E-state index in [1.807, 2.05) is 41.6 Å². The fourth-order valence-corrected chi connectivity index (χ4v) is 3.01. The van der Waals surface area contributed by atoms with E-state index in [4.69, 9.17) is 12.2 Å². The molecule has 0 saturated carbocycles. The van der Waals surface area contributed by atoms with E-state index in [9.17, 15) is 0 Å². The predicted molar refractivity (Wildman–Crippen MR) is 103 cm³/mol. The van der Waals surface area contributed by atoms with E-state index in [1.54, 1.807) is 0 Å². The molecule has 1 aromatic heterocycles. The van der Waals surface area contributed by atoms with Crippen LogP contribution in [0, 0.1) is 13.8 Å². The van der Waals surface area contributed by atoms with Crippen molar-refractivity contribution in [3.05, 3.63) is 47.3 Å². The maximum Gasteiger partial charge on any atom is 0.166 e. The van der Waals surface area contributed by atoms with E-state index in [2.05, 4.69) is 41.0 Å². The Morgan fingerprint density at radius 2 is 1.96 bits per heavy atom. The summed E-state index contributed by atoms with van der Waals surface area (Å²) in [6.07, 6.45) is 3.24. The first kappa shape index (κ1) is 17.8. The second kappa shape index (κ2) is 8.93. The van der Waals surface area contributed by atoms with Gasteiger partial charge in [-0.1, -0.05) is 18.2 Å². The van der Waals surface area contributed by atoms with Gasteiger partial charge in [0.05, 0.1) is 11.4 Å². The van der Waals surface area contributed by atoms with Crippen LogP contribution in [0.2, 0.25) is 0 Å². The van der Waals surface area contributed by atoms with Crippen LogP contribution in [0.4, 0.5) is 0 Å². The number of nitrogens with one attached hydrogen (secondary N) is 2. The summed E-state index contributed by atoms with van der Waals surface area (Å²) in [5, 5.41) is 11.9. The Labute approximate surface area is 148 Å². The second-order valence-electron chi connectivity index (χ2n) is 5.35. The third-order valence-electron chi connectivity index (χ3n) is 3.68. The Morgan fingerprint density at radius 3 is 2.65 bits per heavy atom. The van der Waals surface area contributed by atoms with E-state index in [-0.39, 0.29) is 0 Å². The van der Waals surface area contributed by atoms with Gasteiger partial charge in [0.2, 0.25) is 0 Å². The van der Waals surface area contributed by atoms with Crippen molar-refractivity contribution in [2.45, 2.75) is 26.8 Å². The van der Waals surface area contributed by atoms with Crippen molar-refractivity contribution >= 4 is 29.1 Å². The molecule has 4 nitrogen and oxygen atoms in total. The Hall–Kier alpha value is -1.53. The molecule has 2 rings (SSSR count). The van der Waals surface area contributed by atoms with Gasteiger partial charge in [-0.2, -0.15) is 16.9 Å². The van der Waals surface area contributed by atoms with Gasteiger partial charge < -0.3 is 10.6 Å². The first-order chi connectivity index (χ1) is 11.1. The maximum atomic E-state index is 5.33. The fraction of sp³-hybridized carbons (Fsp3) is 0.412. The summed E-state index contributed by atoms with van der Waals surface area (Å²) in [5.41, 5.74) is 4.45. The molecule has 0 aliphatic rings. The minimum Gasteiger partial charge on any atom is -0.363 e. The zero-order chi connectivity index (χ0) is 16.7. The first-order valence-electron chi connectivity index (χ1n) is 7.74. The van der Waals surface area contributed by atoms with Gasteiger partial charge in [-0.05, 0) is 56.6 Å². The molecule has 124 valence electrons. The van der Waals surface area contributed by atoms with E-state index in [1.165, 1.54) is 5.56 Å². The largest absolute Gasteiger partial charge is 0.363 e. The van der Waals surface area contributed by atoms with E-state index in [0.29, 0.717) is 11.7 Å². The molecule has 0 saturated heterocycles. The van der Waals surface area contributed by atoms with Gasteiger partial charge in [0, 0.05) is 24.3 Å². The van der Waals surface area contributed by atoms with Crippen LogP contribution in [0.3, 0.4) is 0 Å². The standard InChI is InChI=1S/C17H24N4S2/c1-13-16(12-19-17(22)18-10-7-11-23-3)14(2)21(20-13)15-8-5-4-6-9-15/h4-6,8-9H,7,10-12H2,1-3H3,(H2,18,19,22). The van der Waals surface area contributed by atoms with Crippen molar-refractivity contribution < 1.29 is 0 Å². The summed E-state index contributed by atoms with van der Waals surface area (Å²) in [6, 6.07) is 10.2. The Morgan fingerprint density at radius 1 is 1.22 bits per heavy atom. The highest BCUT2D eigenvalue weighted by atomic mass is 32.2. The van der Waals surface area contributed by atoms with Crippen LogP contribution in [-0.2, 0) is 6.54 Å². The van der Waals surface area contributed by atoms with Crippen LogP contribution in [0.5, 0.6) is 0 Å². The number of aryl methyl sites for hydroxylation is 1. The van der Waals surface area contributed by atoms with Crippen LogP contribution in [0.25, 0.3) is 5.69 Å². The summed E-state index contributed by atoms with van der Waals surface area (Å²) in [5.74, 6) is 1.15. The predicted octanol–water partition coefficient (Wildman–Crippen LogP) is 3.21. The van der Waals surface area contributed by atoms with Crippen LogP contribution >= 0.6 is 24.0 Å². The van der Waals surface area contributed by atoms with Crippen LogP contribution in [0.1, 0.15) is 23.4 Å². The highest BCUT2D eigenvalue weighted by molar-refractivity contribution is 7.98. The molecule has 0 aliphatic heterocycles. The molecule has 2 N–H and O–H groups in total. The zero-order valence-electron chi connectivity index (χ0n) is 13.9. The van der Waals surface area contributed by atoms with Crippen LogP contribution < -0.4 is 10.6 Å². The van der Waals surface area contributed by atoms with Gasteiger partial charge >= 0.3 is 0 Å². The van der Waals surface area contributed by atoms with Crippen molar-refractivity contribution in [1.82, 2.24) is 20.4 Å². The Kier molecular flexibility index (Phi) is 6.92. The second-order valence-corrected chi connectivity index (χ2v) is 6.75. The monoisotopic (exact) mass is 348 g/mol. The number of benzene rings is 1. The third-order valence-corrected chi connectivity index (χ3v) is 4.66. The maximum absolute atomic E-state index is 5.33. The lowest BCUT2D eigenvalue weighted by atomic mass is 10.2. The Bertz CT molecular complexity index is 638. The molecular formula is C17H24N4S2. The van der Waals surface area contributed by atoms with Crippen molar-refractivity contribution in [3.8, 4) is 5.69 Å². The molecular weight excluding hydrogens is 324 g/mol. The topological polar surface area (TPSA) is 41.9 Å². The molecule has 0 unspecified atom stereocenters. The zero-order valence-corrected chi connectivity index (χ0v) is 15.6. The molecule has 2 aromatic rings. The van der Waals surface area contributed by atoms with E-state index >= 15 is 0 Å². The molecule has 0 radical (unpaired) electrons. The average Bonchev–Trinajstić information content (AvgIpc) is 2.85. The molecule has 1 heterocycles. The normalized spacial score (nSPS) is 10.6. The van der Waals surface area contributed by atoms with Gasteiger partial charge in [0.25, 0.3) is 0 Å². The molecule has 0 amide bonds. The number of para-hydroxylation sites is 1. The molecule has 0 aliphatic carbocycles. The average molecular weight is 349 g/mol. The highest BCUT2D eigenvalue weighted by Gasteiger charge is 2.12. The highest BCUT2D eigenvalue weighted by Crippen LogP contribution is 2.17. The van der Waals surface area contributed by atoms with Crippen LogP contribution in [-0.4, -0.2) is 33.4 Å². The minimum absolute atomic E-state index is 0.693. The van der Waals surface area contributed by atoms with Crippen LogP contribution in [0.15, 0.2) is 30.3 Å². The summed E-state index contributed by atoms with van der Waals surface area (Å²) >= 11 is 7.19. The number of nitrogens with zero attached hydrogens (tertiary/aromatic N) is 2. The molecule has 6 heteroatoms. The van der Waals surface area contributed by atoms with Crippen molar-refractivity contribution in [2.75, 3.05) is 18.6 Å². The number of thioether (sulfide) groups is 1. The number of thiocarbonyl (C=S) groups is 1. The van der Waals surface area contributed by atoms with Gasteiger partial charge in [-0.3, -0.25) is 0 Å². The lowest BCUT2D eigenvalue weighted by Gasteiger charge is -2.11.